The van der Waals surface area contributed by atoms with Crippen LogP contribution in [-0.2, 0) is 17.8 Å². The molecule has 1 heterocycles. The van der Waals surface area contributed by atoms with Crippen molar-refractivity contribution in [1.29, 1.82) is 0 Å². The first kappa shape index (κ1) is 14.3. The number of benzene rings is 1. The van der Waals surface area contributed by atoms with Crippen LogP contribution in [0.5, 0.6) is 0 Å². The molecule has 104 valence electrons. The lowest BCUT2D eigenvalue weighted by atomic mass is 10.1. The maximum Gasteiger partial charge on any atom is 0.313 e. The van der Waals surface area contributed by atoms with Gasteiger partial charge >= 0.3 is 5.97 Å². The van der Waals surface area contributed by atoms with Crippen molar-refractivity contribution in [3.63, 3.8) is 0 Å². The lowest BCUT2D eigenvalue weighted by Gasteiger charge is -2.07. The van der Waals surface area contributed by atoms with E-state index in [9.17, 15) is 4.79 Å². The topological polar surface area (TPSA) is 68.0 Å². The molecule has 1 N–H and O–H groups in total. The molecule has 0 spiro atoms. The van der Waals surface area contributed by atoms with Crippen molar-refractivity contribution < 1.29 is 9.90 Å². The molecule has 0 bridgehead atoms. The largest absolute Gasteiger partial charge is 0.481 e. The highest BCUT2D eigenvalue weighted by Crippen LogP contribution is 2.18. The number of carboxylic acids is 1. The van der Waals surface area contributed by atoms with Gasteiger partial charge < -0.3 is 9.67 Å². The van der Waals surface area contributed by atoms with E-state index in [0.29, 0.717) is 18.1 Å². The number of allylic oxidation sites excluding steroid dienone is 1. The summed E-state index contributed by atoms with van der Waals surface area (Å²) in [6.45, 7) is 4.28. The Morgan fingerprint density at radius 3 is 2.75 bits per heavy atom. The van der Waals surface area contributed by atoms with Gasteiger partial charge in [0.1, 0.15) is 5.82 Å². The van der Waals surface area contributed by atoms with Gasteiger partial charge in [-0.15, -0.1) is 16.8 Å². The Hall–Kier alpha value is -2.08. The summed E-state index contributed by atoms with van der Waals surface area (Å²) >= 11 is 1.17. The standard InChI is InChI=1S/C14H15N3O2S/c1-2-8-17-12(9-11-6-4-3-5-7-11)15-16-14(17)20-10-13(18)19/h2-7H,1,8-10H2,(H,18,19). The van der Waals surface area contributed by atoms with E-state index in [1.54, 1.807) is 6.08 Å². The van der Waals surface area contributed by atoms with E-state index in [1.807, 2.05) is 34.9 Å². The Balaban J connectivity index is 2.19. The van der Waals surface area contributed by atoms with Gasteiger partial charge in [-0.05, 0) is 5.56 Å². The zero-order chi connectivity index (χ0) is 14.4. The molecular weight excluding hydrogens is 274 g/mol. The minimum Gasteiger partial charge on any atom is -0.481 e. The third kappa shape index (κ3) is 3.71. The molecule has 2 aromatic rings. The molecule has 0 saturated carbocycles. The number of thioether (sulfide) groups is 1. The number of aliphatic carboxylic acids is 1. The summed E-state index contributed by atoms with van der Waals surface area (Å²) in [6, 6.07) is 9.97. The average Bonchev–Trinajstić information content (AvgIpc) is 2.81. The molecule has 0 radical (unpaired) electrons. The fraction of sp³-hybridized carbons (Fsp3) is 0.214. The highest BCUT2D eigenvalue weighted by Gasteiger charge is 2.13. The predicted octanol–water partition coefficient (Wildman–Crippen LogP) is 2.23. The molecule has 0 unspecified atom stereocenters. The van der Waals surface area contributed by atoms with Crippen LogP contribution in [0.15, 0.2) is 48.1 Å². The zero-order valence-corrected chi connectivity index (χ0v) is 11.7. The Kier molecular flexibility index (Phi) is 4.95. The minimum atomic E-state index is -0.868. The Morgan fingerprint density at radius 2 is 2.10 bits per heavy atom. The van der Waals surface area contributed by atoms with Crippen LogP contribution in [0.25, 0.3) is 0 Å². The summed E-state index contributed by atoms with van der Waals surface area (Å²) in [5, 5.41) is 17.6. The number of hydrogen-bond donors (Lipinski definition) is 1. The van der Waals surface area contributed by atoms with Crippen molar-refractivity contribution in [2.75, 3.05) is 5.75 Å². The zero-order valence-electron chi connectivity index (χ0n) is 10.9. The van der Waals surface area contributed by atoms with E-state index in [-0.39, 0.29) is 5.75 Å². The SMILES string of the molecule is C=CCn1c(Cc2ccccc2)nnc1SCC(=O)O. The molecule has 0 atom stereocenters. The second-order valence-electron chi connectivity index (χ2n) is 4.14. The van der Waals surface area contributed by atoms with Gasteiger partial charge in [-0.25, -0.2) is 0 Å². The van der Waals surface area contributed by atoms with Crippen LogP contribution in [0.1, 0.15) is 11.4 Å². The van der Waals surface area contributed by atoms with Crippen molar-refractivity contribution in [1.82, 2.24) is 14.8 Å². The van der Waals surface area contributed by atoms with Gasteiger partial charge in [0.15, 0.2) is 5.16 Å². The van der Waals surface area contributed by atoms with Crippen LogP contribution in [0.3, 0.4) is 0 Å². The minimum absolute atomic E-state index is 0.0272. The van der Waals surface area contributed by atoms with E-state index in [4.69, 9.17) is 5.11 Å². The third-order valence-corrected chi connectivity index (χ3v) is 3.59. The molecule has 0 amide bonds. The molecule has 2 rings (SSSR count). The Labute approximate surface area is 121 Å². The Morgan fingerprint density at radius 1 is 1.35 bits per heavy atom. The van der Waals surface area contributed by atoms with E-state index in [1.165, 1.54) is 11.8 Å². The summed E-state index contributed by atoms with van der Waals surface area (Å²) in [4.78, 5) is 10.6. The highest BCUT2D eigenvalue weighted by molar-refractivity contribution is 7.99. The molecule has 1 aromatic heterocycles. The predicted molar refractivity (Wildman–Crippen MR) is 77.8 cm³/mol. The van der Waals surface area contributed by atoms with Crippen molar-refractivity contribution in [2.45, 2.75) is 18.1 Å². The summed E-state index contributed by atoms with van der Waals surface area (Å²) in [5.74, 6) is -0.0857. The first-order valence-electron chi connectivity index (χ1n) is 6.12. The molecule has 20 heavy (non-hydrogen) atoms. The van der Waals surface area contributed by atoms with Crippen LogP contribution in [-0.4, -0.2) is 31.6 Å². The summed E-state index contributed by atoms with van der Waals surface area (Å²) < 4.78 is 1.90. The van der Waals surface area contributed by atoms with Gasteiger partial charge in [-0.3, -0.25) is 4.79 Å². The van der Waals surface area contributed by atoms with E-state index < -0.39 is 5.97 Å². The van der Waals surface area contributed by atoms with Crippen LogP contribution in [0.2, 0.25) is 0 Å². The van der Waals surface area contributed by atoms with Gasteiger partial charge in [-0.2, -0.15) is 0 Å². The fourth-order valence-corrected chi connectivity index (χ4v) is 2.46. The number of carbonyl (C=O) groups is 1. The number of hydrogen-bond acceptors (Lipinski definition) is 4. The highest BCUT2D eigenvalue weighted by atomic mass is 32.2. The Bertz CT molecular complexity index is 596. The smallest absolute Gasteiger partial charge is 0.313 e. The van der Waals surface area contributed by atoms with E-state index >= 15 is 0 Å². The molecular formula is C14H15N3O2S. The number of aromatic nitrogens is 3. The quantitative estimate of drug-likeness (QED) is 0.625. The molecule has 5 nitrogen and oxygen atoms in total. The molecule has 0 aliphatic rings. The van der Waals surface area contributed by atoms with Gasteiger partial charge in [0.05, 0.1) is 5.75 Å². The third-order valence-electron chi connectivity index (χ3n) is 2.63. The molecule has 0 aliphatic heterocycles. The normalized spacial score (nSPS) is 10.4. The first-order valence-corrected chi connectivity index (χ1v) is 7.10. The molecule has 6 heteroatoms. The first-order chi connectivity index (χ1) is 9.70. The maximum atomic E-state index is 10.6. The van der Waals surface area contributed by atoms with Crippen LogP contribution in [0.4, 0.5) is 0 Å². The summed E-state index contributed by atoms with van der Waals surface area (Å²) in [6.07, 6.45) is 2.41. The van der Waals surface area contributed by atoms with Gasteiger partial charge in [-0.1, -0.05) is 48.2 Å². The maximum absolute atomic E-state index is 10.6. The second-order valence-corrected chi connectivity index (χ2v) is 5.09. The lowest BCUT2D eigenvalue weighted by Crippen LogP contribution is -2.06. The van der Waals surface area contributed by atoms with Gasteiger partial charge in [0.25, 0.3) is 0 Å². The van der Waals surface area contributed by atoms with Crippen LogP contribution in [0, 0.1) is 0 Å². The number of nitrogens with zero attached hydrogens (tertiary/aromatic N) is 3. The van der Waals surface area contributed by atoms with Crippen molar-refractivity contribution >= 4 is 17.7 Å². The van der Waals surface area contributed by atoms with E-state index in [0.717, 1.165) is 11.4 Å². The van der Waals surface area contributed by atoms with Crippen molar-refractivity contribution in [3.8, 4) is 0 Å². The molecule has 0 saturated heterocycles. The fourth-order valence-electron chi connectivity index (χ4n) is 1.77. The monoisotopic (exact) mass is 289 g/mol. The molecule has 1 aromatic carbocycles. The average molecular weight is 289 g/mol. The number of carboxylic acid groups (broad SMARTS) is 1. The van der Waals surface area contributed by atoms with Crippen molar-refractivity contribution in [3.05, 3.63) is 54.4 Å². The second kappa shape index (κ2) is 6.91. The summed E-state index contributed by atoms with van der Waals surface area (Å²) in [7, 11) is 0. The molecule has 0 aliphatic carbocycles. The number of rotatable bonds is 7. The van der Waals surface area contributed by atoms with Crippen LogP contribution < -0.4 is 0 Å². The van der Waals surface area contributed by atoms with Gasteiger partial charge in [0.2, 0.25) is 0 Å². The lowest BCUT2D eigenvalue weighted by molar-refractivity contribution is -0.133. The van der Waals surface area contributed by atoms with Crippen molar-refractivity contribution in [2.24, 2.45) is 0 Å². The van der Waals surface area contributed by atoms with E-state index in [2.05, 4.69) is 16.8 Å². The van der Waals surface area contributed by atoms with Crippen LogP contribution >= 0.6 is 11.8 Å². The molecule has 0 fully saturated rings. The summed E-state index contributed by atoms with van der Waals surface area (Å²) in [5.41, 5.74) is 1.14. The van der Waals surface area contributed by atoms with Gasteiger partial charge in [0, 0.05) is 13.0 Å².